The summed E-state index contributed by atoms with van der Waals surface area (Å²) in [7, 11) is 3.31. The predicted molar refractivity (Wildman–Crippen MR) is 130 cm³/mol. The van der Waals surface area contributed by atoms with Crippen molar-refractivity contribution in [3.8, 4) is 11.5 Å². The fourth-order valence-corrected chi connectivity index (χ4v) is 4.85. The molecule has 0 amide bonds. The first-order valence-corrected chi connectivity index (χ1v) is 11.8. The van der Waals surface area contributed by atoms with Gasteiger partial charge in [-0.25, -0.2) is 0 Å². The topological polar surface area (TPSA) is 57.6 Å². The zero-order valence-corrected chi connectivity index (χ0v) is 19.9. The van der Waals surface area contributed by atoms with Crippen molar-refractivity contribution >= 4 is 5.69 Å². The van der Waals surface area contributed by atoms with Crippen molar-refractivity contribution in [2.45, 2.75) is 18.6 Å². The molecule has 0 aromatic heterocycles. The third-order valence-corrected chi connectivity index (χ3v) is 6.60. The minimum absolute atomic E-state index is 0.483. The summed E-state index contributed by atoms with van der Waals surface area (Å²) in [6, 6.07) is 16.6. The highest BCUT2D eigenvalue weighted by molar-refractivity contribution is 5.46. The molecule has 7 heteroatoms. The van der Waals surface area contributed by atoms with Gasteiger partial charge in [0.2, 0.25) is 0 Å². The smallest absolute Gasteiger partial charge is 0.161 e. The Kier molecular flexibility index (Phi) is 8.09. The van der Waals surface area contributed by atoms with Crippen LogP contribution in [0.25, 0.3) is 0 Å². The largest absolute Gasteiger partial charge is 0.493 e. The second-order valence-electron chi connectivity index (χ2n) is 9.11. The molecule has 2 aromatic rings. The number of piperazine rings is 1. The zero-order chi connectivity index (χ0) is 23.1. The Morgan fingerprint density at radius 3 is 2.39 bits per heavy atom. The SMILES string of the molecule is COCCOc1cc(CN2CC[C@@](O)(CN3CCN(c4ccccc4)CC3)C2)ccc1OC. The Bertz CT molecular complexity index is 873. The molecule has 2 aliphatic heterocycles. The zero-order valence-electron chi connectivity index (χ0n) is 19.9. The van der Waals surface area contributed by atoms with Gasteiger partial charge in [-0.15, -0.1) is 0 Å². The minimum Gasteiger partial charge on any atom is -0.493 e. The second kappa shape index (κ2) is 11.2. The van der Waals surface area contributed by atoms with Gasteiger partial charge >= 0.3 is 0 Å². The summed E-state index contributed by atoms with van der Waals surface area (Å²) in [6.45, 7) is 8.10. The van der Waals surface area contributed by atoms with E-state index < -0.39 is 5.60 Å². The summed E-state index contributed by atoms with van der Waals surface area (Å²) in [5.41, 5.74) is 1.79. The number of rotatable bonds is 10. The maximum atomic E-state index is 11.3. The molecule has 0 aliphatic carbocycles. The van der Waals surface area contributed by atoms with E-state index in [-0.39, 0.29) is 0 Å². The van der Waals surface area contributed by atoms with E-state index in [1.807, 2.05) is 12.1 Å². The Balaban J connectivity index is 1.28. The lowest BCUT2D eigenvalue weighted by atomic mass is 10.0. The number of para-hydroxylation sites is 1. The van der Waals surface area contributed by atoms with Crippen LogP contribution in [0.4, 0.5) is 5.69 Å². The average Bonchev–Trinajstić information content (AvgIpc) is 3.20. The van der Waals surface area contributed by atoms with Crippen molar-refractivity contribution in [2.75, 3.05) is 78.1 Å². The van der Waals surface area contributed by atoms with E-state index in [9.17, 15) is 5.11 Å². The maximum Gasteiger partial charge on any atom is 0.161 e. The lowest BCUT2D eigenvalue weighted by Crippen LogP contribution is -2.52. The average molecular weight is 456 g/mol. The molecule has 2 aromatic carbocycles. The fraction of sp³-hybridized carbons (Fsp3) is 0.538. The Hall–Kier alpha value is -2.32. The molecule has 2 heterocycles. The van der Waals surface area contributed by atoms with Crippen molar-refractivity contribution < 1.29 is 19.3 Å². The highest BCUT2D eigenvalue weighted by atomic mass is 16.5. The van der Waals surface area contributed by atoms with Crippen LogP contribution in [0.2, 0.25) is 0 Å². The van der Waals surface area contributed by atoms with E-state index in [2.05, 4.69) is 51.1 Å². The predicted octanol–water partition coefficient (Wildman–Crippen LogP) is 2.48. The standard InChI is InChI=1S/C26H37N3O4/c1-31-16-17-33-25-18-22(8-9-24(25)32-2)19-28-11-10-26(30,21-28)20-27-12-14-29(15-13-27)23-6-4-3-5-7-23/h3-9,18,30H,10-17,19-21H2,1-2H3/t26-/m1/s1. The summed E-state index contributed by atoms with van der Waals surface area (Å²) in [4.78, 5) is 7.18. The van der Waals surface area contributed by atoms with Crippen LogP contribution in [0, 0.1) is 0 Å². The lowest BCUT2D eigenvalue weighted by Gasteiger charge is -2.39. The van der Waals surface area contributed by atoms with Crippen LogP contribution in [-0.2, 0) is 11.3 Å². The third-order valence-electron chi connectivity index (χ3n) is 6.60. The van der Waals surface area contributed by atoms with Crippen LogP contribution in [-0.4, -0.2) is 93.8 Å². The first-order chi connectivity index (χ1) is 16.1. The lowest BCUT2D eigenvalue weighted by molar-refractivity contribution is 0.00978. The summed E-state index contributed by atoms with van der Waals surface area (Å²) in [6.07, 6.45) is 0.805. The van der Waals surface area contributed by atoms with Crippen molar-refractivity contribution in [2.24, 2.45) is 0 Å². The van der Waals surface area contributed by atoms with Crippen molar-refractivity contribution in [3.05, 3.63) is 54.1 Å². The van der Waals surface area contributed by atoms with Crippen molar-refractivity contribution in [1.82, 2.24) is 9.80 Å². The van der Waals surface area contributed by atoms with Crippen molar-refractivity contribution in [3.63, 3.8) is 0 Å². The molecular weight excluding hydrogens is 418 g/mol. The van der Waals surface area contributed by atoms with Gasteiger partial charge in [0.25, 0.3) is 0 Å². The number of aliphatic hydroxyl groups is 1. The Morgan fingerprint density at radius 2 is 1.67 bits per heavy atom. The Labute approximate surface area is 197 Å². The van der Waals surface area contributed by atoms with Gasteiger partial charge in [0.1, 0.15) is 6.61 Å². The number of nitrogens with zero attached hydrogens (tertiary/aromatic N) is 3. The van der Waals surface area contributed by atoms with E-state index in [0.717, 1.165) is 69.3 Å². The van der Waals surface area contributed by atoms with E-state index in [4.69, 9.17) is 14.2 Å². The molecule has 0 spiro atoms. The normalized spacial score (nSPS) is 22.0. The van der Waals surface area contributed by atoms with Crippen LogP contribution in [0.5, 0.6) is 11.5 Å². The van der Waals surface area contributed by atoms with E-state index in [0.29, 0.717) is 19.8 Å². The van der Waals surface area contributed by atoms with Gasteiger partial charge in [0.05, 0.1) is 19.3 Å². The van der Waals surface area contributed by atoms with Gasteiger partial charge in [-0.05, 0) is 36.2 Å². The highest BCUT2D eigenvalue weighted by Gasteiger charge is 2.38. The molecule has 2 saturated heterocycles. The van der Waals surface area contributed by atoms with Gasteiger partial charge in [-0.1, -0.05) is 24.3 Å². The number of β-amino-alcohol motifs (C(OH)–C–C–N with tert-alkyl or cyclic N) is 1. The molecule has 33 heavy (non-hydrogen) atoms. The van der Waals surface area contributed by atoms with Crippen LogP contribution in [0.15, 0.2) is 48.5 Å². The number of ether oxygens (including phenoxy) is 3. The number of hydrogen-bond donors (Lipinski definition) is 1. The molecule has 4 rings (SSSR count). The van der Waals surface area contributed by atoms with Crippen LogP contribution < -0.4 is 14.4 Å². The van der Waals surface area contributed by atoms with E-state index in [1.54, 1.807) is 14.2 Å². The Morgan fingerprint density at radius 1 is 0.879 bits per heavy atom. The molecule has 2 aliphatic rings. The number of anilines is 1. The summed E-state index contributed by atoms with van der Waals surface area (Å²) in [5.74, 6) is 1.46. The highest BCUT2D eigenvalue weighted by Crippen LogP contribution is 2.30. The van der Waals surface area contributed by atoms with Crippen LogP contribution in [0.1, 0.15) is 12.0 Å². The quantitative estimate of drug-likeness (QED) is 0.553. The van der Waals surface area contributed by atoms with Crippen molar-refractivity contribution in [1.29, 1.82) is 0 Å². The van der Waals surface area contributed by atoms with Crippen LogP contribution in [0.3, 0.4) is 0 Å². The molecule has 2 fully saturated rings. The second-order valence-corrected chi connectivity index (χ2v) is 9.11. The monoisotopic (exact) mass is 455 g/mol. The first kappa shape index (κ1) is 23.8. The molecule has 1 atom stereocenters. The van der Waals surface area contributed by atoms with E-state index in [1.165, 1.54) is 5.69 Å². The maximum absolute atomic E-state index is 11.3. The number of hydrogen-bond acceptors (Lipinski definition) is 7. The van der Waals surface area contributed by atoms with Crippen LogP contribution >= 0.6 is 0 Å². The van der Waals surface area contributed by atoms with Gasteiger partial charge in [0.15, 0.2) is 11.5 Å². The summed E-state index contributed by atoms with van der Waals surface area (Å²) >= 11 is 0. The molecule has 7 nitrogen and oxygen atoms in total. The fourth-order valence-electron chi connectivity index (χ4n) is 4.85. The number of likely N-dealkylation sites (tertiary alicyclic amines) is 1. The number of benzene rings is 2. The first-order valence-electron chi connectivity index (χ1n) is 11.8. The molecule has 1 N–H and O–H groups in total. The van der Waals surface area contributed by atoms with Gasteiger partial charge in [-0.2, -0.15) is 0 Å². The minimum atomic E-state index is -0.654. The summed E-state index contributed by atoms with van der Waals surface area (Å²) in [5, 5.41) is 11.3. The molecular formula is C26H37N3O4. The van der Waals surface area contributed by atoms with Gasteiger partial charge in [-0.3, -0.25) is 9.80 Å². The molecule has 0 radical (unpaired) electrons. The van der Waals surface area contributed by atoms with Gasteiger partial charge in [0, 0.05) is 65.2 Å². The third kappa shape index (κ3) is 6.38. The van der Waals surface area contributed by atoms with E-state index >= 15 is 0 Å². The number of methoxy groups -OCH3 is 2. The molecule has 0 saturated carbocycles. The van der Waals surface area contributed by atoms with Gasteiger partial charge < -0.3 is 24.2 Å². The molecule has 0 bridgehead atoms. The molecule has 180 valence electrons. The summed E-state index contributed by atoms with van der Waals surface area (Å²) < 4.78 is 16.3. The molecule has 0 unspecified atom stereocenters.